The van der Waals surface area contributed by atoms with Crippen LogP contribution in [0.5, 0.6) is 0 Å². The largest absolute Gasteiger partial charge is 0.452 e. The molecule has 8 nitrogen and oxygen atoms in total. The second-order valence-corrected chi connectivity index (χ2v) is 9.76. The van der Waals surface area contributed by atoms with Crippen LogP contribution in [0.4, 0.5) is 15.8 Å². The minimum atomic E-state index is -0.834. The third kappa shape index (κ3) is 5.05. The van der Waals surface area contributed by atoms with Gasteiger partial charge in [0.15, 0.2) is 6.61 Å². The SMILES string of the molecule is CCC(C)(C)C1CCc2nc3ccccc3c(C(=O)OCC(=O)Nc3cc([N+](=O)[O-])ccc3F)c2C1. The van der Waals surface area contributed by atoms with Gasteiger partial charge in [-0.1, -0.05) is 45.4 Å². The van der Waals surface area contributed by atoms with Crippen LogP contribution in [0.2, 0.25) is 0 Å². The molecule has 0 radical (unpaired) electrons. The van der Waals surface area contributed by atoms with Crippen molar-refractivity contribution in [2.24, 2.45) is 11.3 Å². The molecule has 4 rings (SSSR count). The quantitative estimate of drug-likeness (QED) is 0.260. The van der Waals surface area contributed by atoms with Crippen molar-refractivity contribution in [3.05, 3.63) is 75.2 Å². The predicted octanol–water partition coefficient (Wildman–Crippen LogP) is 5.62. The first-order valence-electron chi connectivity index (χ1n) is 11.9. The van der Waals surface area contributed by atoms with Crippen molar-refractivity contribution in [2.45, 2.75) is 46.5 Å². The van der Waals surface area contributed by atoms with Gasteiger partial charge in [-0.3, -0.25) is 19.9 Å². The molecule has 2 aromatic carbocycles. The van der Waals surface area contributed by atoms with Crippen LogP contribution in [0.1, 0.15) is 55.2 Å². The number of carbonyl (C=O) groups is 2. The fraction of sp³-hybridized carbons (Fsp3) is 0.370. The summed E-state index contributed by atoms with van der Waals surface area (Å²) in [4.78, 5) is 40.8. The molecule has 1 atom stereocenters. The van der Waals surface area contributed by atoms with Crippen molar-refractivity contribution in [3.8, 4) is 0 Å². The highest BCUT2D eigenvalue weighted by atomic mass is 19.1. The highest BCUT2D eigenvalue weighted by Crippen LogP contribution is 2.41. The van der Waals surface area contributed by atoms with Crippen molar-refractivity contribution < 1.29 is 23.6 Å². The minimum absolute atomic E-state index is 0.0900. The van der Waals surface area contributed by atoms with Crippen molar-refractivity contribution in [1.29, 1.82) is 0 Å². The summed E-state index contributed by atoms with van der Waals surface area (Å²) in [6, 6.07) is 10.1. The van der Waals surface area contributed by atoms with E-state index in [2.05, 4.69) is 26.1 Å². The smallest absolute Gasteiger partial charge is 0.339 e. The summed E-state index contributed by atoms with van der Waals surface area (Å²) < 4.78 is 19.4. The van der Waals surface area contributed by atoms with Crippen molar-refractivity contribution in [2.75, 3.05) is 11.9 Å². The van der Waals surface area contributed by atoms with E-state index in [1.165, 1.54) is 0 Å². The van der Waals surface area contributed by atoms with Gasteiger partial charge in [0, 0.05) is 23.2 Å². The van der Waals surface area contributed by atoms with Crippen molar-refractivity contribution in [3.63, 3.8) is 0 Å². The van der Waals surface area contributed by atoms with Gasteiger partial charge in [-0.2, -0.15) is 0 Å². The third-order valence-corrected chi connectivity index (χ3v) is 7.25. The molecule has 0 bridgehead atoms. The standard InChI is InChI=1S/C27H28FN3O5/c1-4-27(2,3)16-9-12-22-19(13-16)25(18-7-5-6-8-21(18)29-22)26(33)36-15-24(32)30-23-14-17(31(34)35)10-11-20(23)28/h5-8,10-11,14,16H,4,9,12-13,15H2,1-3H3,(H,30,32). The lowest BCUT2D eigenvalue weighted by Crippen LogP contribution is -2.31. The van der Waals surface area contributed by atoms with Crippen LogP contribution in [0.15, 0.2) is 42.5 Å². The van der Waals surface area contributed by atoms with Crippen LogP contribution in [-0.2, 0) is 22.4 Å². The number of nitrogens with zero attached hydrogens (tertiary/aromatic N) is 2. The van der Waals surface area contributed by atoms with Gasteiger partial charge in [-0.15, -0.1) is 0 Å². The van der Waals surface area contributed by atoms with E-state index >= 15 is 0 Å². The lowest BCUT2D eigenvalue weighted by molar-refractivity contribution is -0.384. The van der Waals surface area contributed by atoms with Gasteiger partial charge in [0.05, 0.1) is 21.7 Å². The van der Waals surface area contributed by atoms with Crippen LogP contribution in [0, 0.1) is 27.3 Å². The number of non-ortho nitro benzene ring substituents is 1. The Balaban J connectivity index is 1.58. The average Bonchev–Trinajstić information content (AvgIpc) is 2.86. The molecule has 1 unspecified atom stereocenters. The summed E-state index contributed by atoms with van der Waals surface area (Å²) in [5, 5.41) is 13.8. The minimum Gasteiger partial charge on any atom is -0.452 e. The van der Waals surface area contributed by atoms with Gasteiger partial charge < -0.3 is 10.1 Å². The second-order valence-electron chi connectivity index (χ2n) is 9.76. The molecular weight excluding hydrogens is 465 g/mol. The van der Waals surface area contributed by atoms with E-state index in [-0.39, 0.29) is 16.8 Å². The average molecular weight is 494 g/mol. The number of ether oxygens (including phenoxy) is 1. The van der Waals surface area contributed by atoms with Gasteiger partial charge in [0.25, 0.3) is 11.6 Å². The number of hydrogen-bond acceptors (Lipinski definition) is 6. The number of anilines is 1. The van der Waals surface area contributed by atoms with E-state index in [4.69, 9.17) is 9.72 Å². The van der Waals surface area contributed by atoms with Crippen molar-refractivity contribution in [1.82, 2.24) is 4.98 Å². The maximum Gasteiger partial charge on any atom is 0.339 e. The predicted molar refractivity (Wildman–Crippen MR) is 133 cm³/mol. The number of halogens is 1. The Morgan fingerprint density at radius 2 is 2.00 bits per heavy atom. The molecule has 1 amide bonds. The third-order valence-electron chi connectivity index (χ3n) is 7.25. The lowest BCUT2D eigenvalue weighted by Gasteiger charge is -2.37. The first-order valence-corrected chi connectivity index (χ1v) is 11.9. The molecule has 1 aromatic heterocycles. The van der Waals surface area contributed by atoms with E-state index in [1.54, 1.807) is 0 Å². The number of hydrogen-bond donors (Lipinski definition) is 1. The van der Waals surface area contributed by atoms with Gasteiger partial charge in [-0.05, 0) is 48.3 Å². The summed E-state index contributed by atoms with van der Waals surface area (Å²) in [5.41, 5.74) is 2.16. The number of benzene rings is 2. The summed E-state index contributed by atoms with van der Waals surface area (Å²) in [6.07, 6.45) is 3.41. The number of rotatable bonds is 7. The number of nitro groups is 1. The molecule has 36 heavy (non-hydrogen) atoms. The highest BCUT2D eigenvalue weighted by molar-refractivity contribution is 6.06. The summed E-state index contributed by atoms with van der Waals surface area (Å²) in [7, 11) is 0. The maximum absolute atomic E-state index is 14.0. The topological polar surface area (TPSA) is 111 Å². The zero-order valence-corrected chi connectivity index (χ0v) is 20.5. The Kier molecular flexibility index (Phi) is 7.01. The van der Waals surface area contributed by atoms with Crippen LogP contribution in [0.3, 0.4) is 0 Å². The van der Waals surface area contributed by atoms with Crippen LogP contribution >= 0.6 is 0 Å². The lowest BCUT2D eigenvalue weighted by atomic mass is 9.68. The Labute approximate surface area is 208 Å². The molecule has 1 N–H and O–H groups in total. The number of esters is 1. The van der Waals surface area contributed by atoms with Crippen molar-refractivity contribution >= 4 is 34.2 Å². The van der Waals surface area contributed by atoms with E-state index in [9.17, 15) is 24.1 Å². The number of para-hydroxylation sites is 1. The Bertz CT molecular complexity index is 1350. The maximum atomic E-state index is 14.0. The number of aryl methyl sites for hydroxylation is 1. The first-order chi connectivity index (χ1) is 17.1. The molecular formula is C27H28FN3O5. The van der Waals surface area contributed by atoms with Crippen LogP contribution in [0.25, 0.3) is 10.9 Å². The number of pyridine rings is 1. The van der Waals surface area contributed by atoms with E-state index in [0.717, 1.165) is 48.7 Å². The normalized spacial score (nSPS) is 15.3. The zero-order chi connectivity index (χ0) is 26.0. The van der Waals surface area contributed by atoms with Gasteiger partial charge in [0.2, 0.25) is 0 Å². The van der Waals surface area contributed by atoms with Gasteiger partial charge in [0.1, 0.15) is 5.82 Å². The number of aromatic nitrogens is 1. The molecule has 0 aliphatic heterocycles. The Morgan fingerprint density at radius 3 is 2.72 bits per heavy atom. The van der Waals surface area contributed by atoms with E-state index < -0.39 is 29.2 Å². The fourth-order valence-electron chi connectivity index (χ4n) is 4.69. The van der Waals surface area contributed by atoms with E-state index in [0.29, 0.717) is 28.8 Å². The molecule has 0 saturated heterocycles. The second kappa shape index (κ2) is 10.0. The number of carbonyl (C=O) groups excluding carboxylic acids is 2. The Hall–Kier alpha value is -3.88. The molecule has 0 saturated carbocycles. The number of nitrogens with one attached hydrogen (secondary N) is 1. The van der Waals surface area contributed by atoms with Crippen LogP contribution in [-0.4, -0.2) is 28.4 Å². The molecule has 1 aliphatic rings. The fourth-order valence-corrected chi connectivity index (χ4v) is 4.69. The molecule has 1 aliphatic carbocycles. The number of nitro benzene ring substituents is 1. The summed E-state index contributed by atoms with van der Waals surface area (Å²) in [5.74, 6) is -1.93. The molecule has 188 valence electrons. The van der Waals surface area contributed by atoms with Gasteiger partial charge in [-0.25, -0.2) is 9.18 Å². The molecule has 3 aromatic rings. The van der Waals surface area contributed by atoms with E-state index in [1.807, 2.05) is 24.3 Å². The number of fused-ring (bicyclic) bond motifs is 2. The monoisotopic (exact) mass is 493 g/mol. The molecule has 9 heteroatoms. The van der Waals surface area contributed by atoms with Gasteiger partial charge >= 0.3 is 5.97 Å². The van der Waals surface area contributed by atoms with Crippen LogP contribution < -0.4 is 5.32 Å². The molecule has 1 heterocycles. The molecule has 0 fully saturated rings. The zero-order valence-electron chi connectivity index (χ0n) is 20.5. The first kappa shape index (κ1) is 25.2. The highest BCUT2D eigenvalue weighted by Gasteiger charge is 2.34. The molecule has 0 spiro atoms. The summed E-state index contributed by atoms with van der Waals surface area (Å²) >= 11 is 0. The Morgan fingerprint density at radius 1 is 1.25 bits per heavy atom. The summed E-state index contributed by atoms with van der Waals surface area (Å²) in [6.45, 7) is 5.95. The number of amides is 1.